The molecule has 5 aliphatic rings. The molecule has 1 aromatic carbocycles. The topological polar surface area (TPSA) is 35.5 Å². The van der Waals surface area contributed by atoms with Crippen LogP contribution in [0, 0.1) is 29.6 Å². The molecule has 0 aromatic heterocycles. The summed E-state index contributed by atoms with van der Waals surface area (Å²) in [6.45, 7) is 2.26. The van der Waals surface area contributed by atoms with Gasteiger partial charge in [-0.25, -0.2) is 0 Å². The summed E-state index contributed by atoms with van der Waals surface area (Å²) < 4.78 is 1.20. The Morgan fingerprint density at radius 3 is 2.92 bits per heavy atom. The van der Waals surface area contributed by atoms with Gasteiger partial charge in [-0.2, -0.15) is 0 Å². The number of benzene rings is 1. The van der Waals surface area contributed by atoms with Crippen molar-refractivity contribution < 1.29 is 5.11 Å². The third kappa shape index (κ3) is 1.66. The Bertz CT molecular complexity index is 753. The van der Waals surface area contributed by atoms with Gasteiger partial charge in [-0.15, -0.1) is 0 Å². The number of nitrogens with one attached hydrogen (secondary N) is 1. The quantitative estimate of drug-likeness (QED) is 0.754. The summed E-state index contributed by atoms with van der Waals surface area (Å²) in [5, 5.41) is 14.5. The monoisotopic (exact) mass is 402 g/mol. The summed E-state index contributed by atoms with van der Waals surface area (Å²) in [7, 11) is 2.33. The Morgan fingerprint density at radius 1 is 1.28 bits per heavy atom. The molecule has 134 valence electrons. The number of hydrogen-bond acceptors (Lipinski definition) is 3. The van der Waals surface area contributed by atoms with Crippen LogP contribution in [0.5, 0.6) is 0 Å². The number of likely N-dealkylation sites (N-methyl/N-ethyl adjacent to an activating group) is 1. The number of anilines is 1. The van der Waals surface area contributed by atoms with Crippen LogP contribution >= 0.6 is 15.9 Å². The number of fused-ring (bicyclic) bond motifs is 2. The second-order valence-corrected chi connectivity index (χ2v) is 10.3. The number of halogens is 1. The van der Waals surface area contributed by atoms with Gasteiger partial charge in [-0.3, -0.25) is 5.32 Å². The number of rotatable bonds is 1. The molecule has 1 aromatic rings. The third-order valence-corrected chi connectivity index (χ3v) is 9.30. The Balaban J connectivity index is 1.51. The van der Waals surface area contributed by atoms with Gasteiger partial charge in [-0.05, 0) is 73.1 Å². The normalized spacial score (nSPS) is 51.6. The van der Waals surface area contributed by atoms with Gasteiger partial charge in [0.25, 0.3) is 0 Å². The Kier molecular flexibility index (Phi) is 2.98. The molecule has 9 atom stereocenters. The van der Waals surface area contributed by atoms with Crippen molar-refractivity contribution in [3.8, 4) is 0 Å². The van der Waals surface area contributed by atoms with E-state index in [1.165, 1.54) is 29.4 Å². The highest BCUT2D eigenvalue weighted by Crippen LogP contribution is 2.71. The minimum Gasteiger partial charge on any atom is -0.378 e. The third-order valence-electron chi connectivity index (χ3n) is 8.80. The van der Waals surface area contributed by atoms with E-state index in [0.29, 0.717) is 23.4 Å². The summed E-state index contributed by atoms with van der Waals surface area (Å²) in [4.78, 5) is 2.62. The Morgan fingerprint density at radius 2 is 2.12 bits per heavy atom. The average molecular weight is 403 g/mol. The molecule has 3 aliphatic carbocycles. The molecule has 0 radical (unpaired) electrons. The average Bonchev–Trinajstić information content (AvgIpc) is 2.96. The highest BCUT2D eigenvalue weighted by atomic mass is 79.9. The Hall–Kier alpha value is -0.580. The van der Waals surface area contributed by atoms with Crippen LogP contribution in [0.2, 0.25) is 0 Å². The predicted molar refractivity (Wildman–Crippen MR) is 103 cm³/mol. The van der Waals surface area contributed by atoms with Gasteiger partial charge < -0.3 is 10.0 Å². The van der Waals surface area contributed by atoms with Crippen molar-refractivity contribution in [2.75, 3.05) is 11.9 Å². The molecule has 2 aliphatic heterocycles. The molecule has 2 N–H and O–H groups in total. The van der Waals surface area contributed by atoms with Gasteiger partial charge in [0, 0.05) is 40.6 Å². The largest absolute Gasteiger partial charge is 0.378 e. The molecule has 25 heavy (non-hydrogen) atoms. The molecular weight excluding hydrogens is 376 g/mol. The molecule has 2 heterocycles. The molecule has 3 nitrogen and oxygen atoms in total. The summed E-state index contributed by atoms with van der Waals surface area (Å²) in [5.41, 5.74) is 3.30. The predicted octanol–water partition coefficient (Wildman–Crippen LogP) is 3.50. The van der Waals surface area contributed by atoms with Crippen LogP contribution in [0.3, 0.4) is 0 Å². The zero-order valence-corrected chi connectivity index (χ0v) is 16.5. The molecule has 4 fully saturated rings. The van der Waals surface area contributed by atoms with Gasteiger partial charge in [-0.1, -0.05) is 22.9 Å². The molecule has 1 spiro atoms. The Labute approximate surface area is 158 Å². The van der Waals surface area contributed by atoms with E-state index in [9.17, 15) is 5.11 Å². The van der Waals surface area contributed by atoms with E-state index in [2.05, 4.69) is 58.3 Å². The highest BCUT2D eigenvalue weighted by molar-refractivity contribution is 9.10. The first kappa shape index (κ1) is 15.5. The van der Waals surface area contributed by atoms with E-state index in [1.807, 2.05) is 0 Å². The van der Waals surface area contributed by atoms with Crippen molar-refractivity contribution in [3.63, 3.8) is 0 Å². The maximum Gasteiger partial charge on any atom is 0.108 e. The van der Waals surface area contributed by atoms with E-state index in [-0.39, 0.29) is 6.23 Å². The lowest BCUT2D eigenvalue weighted by Crippen LogP contribution is -2.61. The van der Waals surface area contributed by atoms with Gasteiger partial charge in [0.2, 0.25) is 0 Å². The molecule has 4 heteroatoms. The van der Waals surface area contributed by atoms with Crippen molar-refractivity contribution in [2.24, 2.45) is 29.6 Å². The van der Waals surface area contributed by atoms with E-state index < -0.39 is 0 Å². The standard InChI is InChI=1S/C21H27BrN2O/c1-3-11-12-7-13-18(12)14-8-21(9-16(14)23-20(11)25)15-6-10(22)4-5-17(15)24(2)19(13)21/h4-6,11-14,16,18-20,23,25H,3,7-9H2,1-2H3/t11-,12?,13?,14?,16?,18?,19?,20+,21?/m0/s1. The fourth-order valence-electron chi connectivity index (χ4n) is 8.12. The maximum absolute atomic E-state index is 10.8. The van der Waals surface area contributed by atoms with Crippen molar-refractivity contribution >= 4 is 21.6 Å². The van der Waals surface area contributed by atoms with Gasteiger partial charge in [0.1, 0.15) is 6.23 Å². The van der Waals surface area contributed by atoms with Crippen LogP contribution in [-0.2, 0) is 5.41 Å². The fourth-order valence-corrected chi connectivity index (χ4v) is 8.48. The smallest absolute Gasteiger partial charge is 0.108 e. The van der Waals surface area contributed by atoms with Crippen LogP contribution in [0.4, 0.5) is 5.69 Å². The molecule has 3 saturated carbocycles. The molecule has 7 unspecified atom stereocenters. The van der Waals surface area contributed by atoms with E-state index in [4.69, 9.17) is 0 Å². The van der Waals surface area contributed by atoms with Gasteiger partial charge in [0.15, 0.2) is 0 Å². The second kappa shape index (κ2) is 4.82. The summed E-state index contributed by atoms with van der Waals surface area (Å²) in [5.74, 6) is 3.56. The first-order valence-corrected chi connectivity index (χ1v) is 10.8. The van der Waals surface area contributed by atoms with Gasteiger partial charge in [0.05, 0.1) is 0 Å². The highest BCUT2D eigenvalue weighted by Gasteiger charge is 2.71. The molecule has 2 bridgehead atoms. The molecular formula is C21H27BrN2O. The zero-order valence-electron chi connectivity index (χ0n) is 15.0. The van der Waals surface area contributed by atoms with Crippen LogP contribution in [-0.4, -0.2) is 30.5 Å². The lowest BCUT2D eigenvalue weighted by atomic mass is 9.47. The van der Waals surface area contributed by atoms with Crippen LogP contribution < -0.4 is 10.2 Å². The lowest BCUT2D eigenvalue weighted by Gasteiger charge is -2.59. The lowest BCUT2D eigenvalue weighted by molar-refractivity contribution is -0.0821. The molecule has 0 amide bonds. The number of nitrogens with zero attached hydrogens (tertiary/aromatic N) is 1. The van der Waals surface area contributed by atoms with Gasteiger partial charge >= 0.3 is 0 Å². The number of aliphatic hydroxyl groups excluding tert-OH is 1. The molecule has 1 saturated heterocycles. The number of hydrogen-bond donors (Lipinski definition) is 2. The SMILES string of the molecule is CC[C@H]1C2CC3C2C2CC4(CC2N[C@@H]1O)c1cc(Br)ccc1N(C)C34. The summed E-state index contributed by atoms with van der Waals surface area (Å²) in [6, 6.07) is 8.05. The second-order valence-electron chi connectivity index (χ2n) is 9.38. The minimum atomic E-state index is -0.304. The maximum atomic E-state index is 10.8. The van der Waals surface area contributed by atoms with E-state index in [0.717, 1.165) is 30.1 Å². The minimum absolute atomic E-state index is 0.293. The van der Waals surface area contributed by atoms with E-state index >= 15 is 0 Å². The van der Waals surface area contributed by atoms with Crippen molar-refractivity contribution in [3.05, 3.63) is 28.2 Å². The first-order chi connectivity index (χ1) is 12.0. The summed E-state index contributed by atoms with van der Waals surface area (Å²) >= 11 is 3.71. The zero-order chi connectivity index (χ0) is 17.1. The summed E-state index contributed by atoms with van der Waals surface area (Å²) in [6.07, 6.45) is 4.62. The molecule has 6 rings (SSSR count). The van der Waals surface area contributed by atoms with Crippen molar-refractivity contribution in [1.29, 1.82) is 0 Å². The van der Waals surface area contributed by atoms with Crippen molar-refractivity contribution in [2.45, 2.75) is 56.3 Å². The first-order valence-electron chi connectivity index (χ1n) is 10.0. The van der Waals surface area contributed by atoms with Crippen LogP contribution in [0.25, 0.3) is 0 Å². The van der Waals surface area contributed by atoms with E-state index in [1.54, 1.807) is 5.56 Å². The van der Waals surface area contributed by atoms with Crippen molar-refractivity contribution in [1.82, 2.24) is 5.32 Å². The fraction of sp³-hybridized carbons (Fsp3) is 0.714. The number of aliphatic hydroxyl groups is 1. The van der Waals surface area contributed by atoms with Crippen LogP contribution in [0.15, 0.2) is 22.7 Å². The van der Waals surface area contributed by atoms with Crippen LogP contribution in [0.1, 0.15) is 38.2 Å².